The maximum atomic E-state index is 12.0. The van der Waals surface area contributed by atoms with E-state index in [2.05, 4.69) is 5.32 Å². The molecule has 1 aromatic rings. The van der Waals surface area contributed by atoms with Gasteiger partial charge in [-0.15, -0.1) is 0 Å². The molecule has 2 amide bonds. The number of benzene rings is 1. The molecule has 4 nitrogen and oxygen atoms in total. The Morgan fingerprint density at radius 1 is 1.50 bits per heavy atom. The number of thioether (sulfide) groups is 1. The molecule has 0 bridgehead atoms. The molecule has 0 saturated carbocycles. The Hall–Kier alpha value is -1.20. The molecular weight excluding hydrogens is 320 g/mol. The second-order valence-corrected chi connectivity index (χ2v) is 6.85. The molecule has 0 spiro atoms. The highest BCUT2D eigenvalue weighted by Gasteiger charge is 2.29. The number of nitrogens with zero attached hydrogens (tertiary/aromatic N) is 1. The lowest BCUT2D eigenvalue weighted by molar-refractivity contribution is -0.127. The average molecular weight is 341 g/mol. The maximum absolute atomic E-state index is 12.0. The molecule has 0 aliphatic carbocycles. The number of amides is 2. The van der Waals surface area contributed by atoms with Crippen molar-refractivity contribution >= 4 is 35.2 Å². The molecule has 120 valence electrons. The Bertz CT molecular complexity index is 539. The third-order valence-electron chi connectivity index (χ3n) is 3.67. The smallest absolute Gasteiger partial charge is 0.224 e. The largest absolute Gasteiger partial charge is 0.351 e. The molecule has 1 heterocycles. The molecule has 1 N–H and O–H groups in total. The molecule has 0 radical (unpaired) electrons. The first-order chi connectivity index (χ1) is 10.6. The van der Waals surface area contributed by atoms with E-state index in [1.165, 1.54) is 0 Å². The molecule has 0 aromatic heterocycles. The van der Waals surface area contributed by atoms with Gasteiger partial charge in [-0.05, 0) is 30.4 Å². The van der Waals surface area contributed by atoms with E-state index in [0.29, 0.717) is 31.0 Å². The molecule has 1 aromatic carbocycles. The van der Waals surface area contributed by atoms with Gasteiger partial charge < -0.3 is 10.2 Å². The molecule has 1 aliphatic rings. The number of rotatable bonds is 7. The van der Waals surface area contributed by atoms with Gasteiger partial charge in [-0.25, -0.2) is 0 Å². The van der Waals surface area contributed by atoms with Gasteiger partial charge in [-0.2, -0.15) is 11.8 Å². The normalized spacial score (nSPS) is 17.8. The standard InChI is InChI=1S/C16H21ClN2O2S/c1-22-8-6-15(20)18-14-10-16(21)19(11-14)7-5-12-3-2-4-13(17)9-12/h2-4,9,14H,5-8,10-11H2,1H3,(H,18,20). The number of nitrogens with one attached hydrogen (secondary N) is 1. The van der Waals surface area contributed by atoms with Crippen molar-refractivity contribution in [2.75, 3.05) is 25.1 Å². The summed E-state index contributed by atoms with van der Waals surface area (Å²) in [4.78, 5) is 25.6. The minimum atomic E-state index is -0.0544. The summed E-state index contributed by atoms with van der Waals surface area (Å²) in [6, 6.07) is 7.63. The van der Waals surface area contributed by atoms with Crippen LogP contribution in [0.5, 0.6) is 0 Å². The number of halogens is 1. The maximum Gasteiger partial charge on any atom is 0.224 e. The molecule has 1 saturated heterocycles. The van der Waals surface area contributed by atoms with E-state index in [-0.39, 0.29) is 17.9 Å². The van der Waals surface area contributed by atoms with Crippen LogP contribution in [0.25, 0.3) is 0 Å². The second kappa shape index (κ2) is 8.44. The Kier molecular flexibility index (Phi) is 6.58. The van der Waals surface area contributed by atoms with Crippen molar-refractivity contribution < 1.29 is 9.59 Å². The minimum absolute atomic E-state index is 0.0313. The van der Waals surface area contributed by atoms with Gasteiger partial charge in [0.2, 0.25) is 11.8 Å². The van der Waals surface area contributed by atoms with Crippen molar-refractivity contribution in [2.45, 2.75) is 25.3 Å². The number of hydrogen-bond donors (Lipinski definition) is 1. The van der Waals surface area contributed by atoms with E-state index < -0.39 is 0 Å². The van der Waals surface area contributed by atoms with Crippen molar-refractivity contribution in [3.8, 4) is 0 Å². The Balaban J connectivity index is 1.78. The van der Waals surface area contributed by atoms with Gasteiger partial charge in [0.05, 0.1) is 6.04 Å². The highest BCUT2D eigenvalue weighted by atomic mass is 35.5. The van der Waals surface area contributed by atoms with Crippen LogP contribution in [0.1, 0.15) is 18.4 Å². The third kappa shape index (κ3) is 5.21. The van der Waals surface area contributed by atoms with Crippen LogP contribution in [0.2, 0.25) is 5.02 Å². The summed E-state index contributed by atoms with van der Waals surface area (Å²) < 4.78 is 0. The fourth-order valence-electron chi connectivity index (χ4n) is 2.54. The molecule has 1 aliphatic heterocycles. The number of carbonyl (C=O) groups is 2. The average Bonchev–Trinajstić information content (AvgIpc) is 2.83. The van der Waals surface area contributed by atoms with Gasteiger partial charge in [0.1, 0.15) is 0 Å². The van der Waals surface area contributed by atoms with E-state index in [0.717, 1.165) is 17.7 Å². The molecule has 1 fully saturated rings. The monoisotopic (exact) mass is 340 g/mol. The molecular formula is C16H21ClN2O2S. The summed E-state index contributed by atoms with van der Waals surface area (Å²) in [5.41, 5.74) is 1.12. The summed E-state index contributed by atoms with van der Waals surface area (Å²) in [5, 5.41) is 3.66. The van der Waals surface area contributed by atoms with Crippen LogP contribution in [-0.2, 0) is 16.0 Å². The number of likely N-dealkylation sites (tertiary alicyclic amines) is 1. The minimum Gasteiger partial charge on any atom is -0.351 e. The van der Waals surface area contributed by atoms with Crippen molar-refractivity contribution in [1.82, 2.24) is 10.2 Å². The first-order valence-electron chi connectivity index (χ1n) is 7.39. The summed E-state index contributed by atoms with van der Waals surface area (Å²) in [5.74, 6) is 0.950. The summed E-state index contributed by atoms with van der Waals surface area (Å²) >= 11 is 7.61. The number of carbonyl (C=O) groups excluding carboxylic acids is 2. The van der Waals surface area contributed by atoms with E-state index in [9.17, 15) is 9.59 Å². The summed E-state index contributed by atoms with van der Waals surface area (Å²) in [7, 11) is 0. The van der Waals surface area contributed by atoms with Gasteiger partial charge in [0, 0.05) is 36.7 Å². The Labute approximate surface area is 140 Å². The van der Waals surface area contributed by atoms with Crippen LogP contribution in [-0.4, -0.2) is 47.9 Å². The van der Waals surface area contributed by atoms with E-state index in [1.807, 2.05) is 35.4 Å². The van der Waals surface area contributed by atoms with Crippen LogP contribution in [0.3, 0.4) is 0 Å². The van der Waals surface area contributed by atoms with Crippen LogP contribution < -0.4 is 5.32 Å². The molecule has 6 heteroatoms. The Morgan fingerprint density at radius 2 is 2.32 bits per heavy atom. The van der Waals surface area contributed by atoms with Gasteiger partial charge in [-0.3, -0.25) is 9.59 Å². The lowest BCUT2D eigenvalue weighted by Crippen LogP contribution is -2.37. The van der Waals surface area contributed by atoms with Crippen molar-refractivity contribution in [3.63, 3.8) is 0 Å². The fraction of sp³-hybridized carbons (Fsp3) is 0.500. The highest BCUT2D eigenvalue weighted by molar-refractivity contribution is 7.98. The quantitative estimate of drug-likeness (QED) is 0.829. The van der Waals surface area contributed by atoms with Crippen molar-refractivity contribution in [1.29, 1.82) is 0 Å². The zero-order valence-electron chi connectivity index (χ0n) is 12.7. The van der Waals surface area contributed by atoms with Gasteiger partial charge in [0.25, 0.3) is 0 Å². The lowest BCUT2D eigenvalue weighted by Gasteiger charge is -2.17. The van der Waals surface area contributed by atoms with Crippen LogP contribution in [0.15, 0.2) is 24.3 Å². The summed E-state index contributed by atoms with van der Waals surface area (Å²) in [6.45, 7) is 1.26. The second-order valence-electron chi connectivity index (χ2n) is 5.43. The predicted molar refractivity (Wildman–Crippen MR) is 91.3 cm³/mol. The highest BCUT2D eigenvalue weighted by Crippen LogP contribution is 2.15. The van der Waals surface area contributed by atoms with E-state index >= 15 is 0 Å². The summed E-state index contributed by atoms with van der Waals surface area (Å²) in [6.07, 6.45) is 3.66. The zero-order chi connectivity index (χ0) is 15.9. The molecule has 2 rings (SSSR count). The third-order valence-corrected chi connectivity index (χ3v) is 4.52. The van der Waals surface area contributed by atoms with E-state index in [1.54, 1.807) is 11.8 Å². The lowest BCUT2D eigenvalue weighted by atomic mass is 10.1. The molecule has 22 heavy (non-hydrogen) atoms. The van der Waals surface area contributed by atoms with Crippen LogP contribution >= 0.6 is 23.4 Å². The first-order valence-corrected chi connectivity index (χ1v) is 9.16. The van der Waals surface area contributed by atoms with Gasteiger partial charge >= 0.3 is 0 Å². The van der Waals surface area contributed by atoms with Gasteiger partial charge in [0.15, 0.2) is 0 Å². The van der Waals surface area contributed by atoms with Crippen molar-refractivity contribution in [3.05, 3.63) is 34.9 Å². The predicted octanol–water partition coefficient (Wildman–Crippen LogP) is 2.35. The van der Waals surface area contributed by atoms with Crippen molar-refractivity contribution in [2.24, 2.45) is 0 Å². The topological polar surface area (TPSA) is 49.4 Å². The van der Waals surface area contributed by atoms with Crippen LogP contribution in [0, 0.1) is 0 Å². The molecule has 1 unspecified atom stereocenters. The SMILES string of the molecule is CSCCC(=O)NC1CC(=O)N(CCc2cccc(Cl)c2)C1. The Morgan fingerprint density at radius 3 is 3.05 bits per heavy atom. The molecule has 1 atom stereocenters. The van der Waals surface area contributed by atoms with Gasteiger partial charge in [-0.1, -0.05) is 23.7 Å². The van der Waals surface area contributed by atoms with Crippen LogP contribution in [0.4, 0.5) is 0 Å². The van der Waals surface area contributed by atoms with E-state index in [4.69, 9.17) is 11.6 Å². The zero-order valence-corrected chi connectivity index (χ0v) is 14.3. The fourth-order valence-corrected chi connectivity index (χ4v) is 3.14. The number of hydrogen-bond acceptors (Lipinski definition) is 3. The first kappa shape index (κ1) is 17.2.